The summed E-state index contributed by atoms with van der Waals surface area (Å²) in [6, 6.07) is 7.74. The van der Waals surface area contributed by atoms with Crippen LogP contribution in [0.5, 0.6) is 0 Å². The molecule has 0 bridgehead atoms. The van der Waals surface area contributed by atoms with E-state index in [9.17, 15) is 9.90 Å². The number of benzene rings is 1. The molecule has 3 nitrogen and oxygen atoms in total. The van der Waals surface area contributed by atoms with E-state index < -0.39 is 11.5 Å². The van der Waals surface area contributed by atoms with Gasteiger partial charge < -0.3 is 10.4 Å². The molecule has 0 aromatic heterocycles. The molecule has 1 rings (SSSR count). The summed E-state index contributed by atoms with van der Waals surface area (Å²) >= 11 is 7.58. The molecule has 2 atom stereocenters. The normalized spacial score (nSPS) is 15.8. The highest BCUT2D eigenvalue weighted by Crippen LogP contribution is 2.25. The SMILES string of the molecule is CNC(C)(CC(C)SCc1ccc(Cl)cc1)C(=O)O. The molecule has 106 valence electrons. The predicted octanol–water partition coefficient (Wildman–Crippen LogP) is 3.41. The third-order valence-corrected chi connectivity index (χ3v) is 4.65. The van der Waals surface area contributed by atoms with Gasteiger partial charge in [-0.05, 0) is 38.1 Å². The van der Waals surface area contributed by atoms with Crippen LogP contribution in [-0.2, 0) is 10.5 Å². The number of likely N-dealkylation sites (N-methyl/N-ethyl adjacent to an activating group) is 1. The second kappa shape index (κ2) is 7.17. The topological polar surface area (TPSA) is 49.3 Å². The number of rotatable bonds is 7. The van der Waals surface area contributed by atoms with Crippen molar-refractivity contribution in [1.82, 2.24) is 5.32 Å². The quantitative estimate of drug-likeness (QED) is 0.810. The first-order chi connectivity index (χ1) is 8.87. The first-order valence-corrected chi connectivity index (χ1v) is 7.58. The molecule has 0 radical (unpaired) electrons. The summed E-state index contributed by atoms with van der Waals surface area (Å²) in [5.41, 5.74) is 0.328. The Balaban J connectivity index is 2.49. The van der Waals surface area contributed by atoms with Crippen LogP contribution >= 0.6 is 23.4 Å². The monoisotopic (exact) mass is 301 g/mol. The van der Waals surface area contributed by atoms with Crippen LogP contribution in [-0.4, -0.2) is 28.9 Å². The van der Waals surface area contributed by atoms with Gasteiger partial charge in [0.15, 0.2) is 0 Å². The molecule has 0 saturated heterocycles. The van der Waals surface area contributed by atoms with Crippen molar-refractivity contribution in [3.05, 3.63) is 34.9 Å². The number of carboxylic acids is 1. The lowest BCUT2D eigenvalue weighted by Crippen LogP contribution is -2.49. The zero-order valence-electron chi connectivity index (χ0n) is 11.4. The number of carbonyl (C=O) groups is 1. The highest BCUT2D eigenvalue weighted by atomic mass is 35.5. The Morgan fingerprint density at radius 2 is 2.05 bits per heavy atom. The molecule has 0 fully saturated rings. The van der Waals surface area contributed by atoms with E-state index in [0.29, 0.717) is 6.42 Å². The van der Waals surface area contributed by atoms with Crippen molar-refractivity contribution < 1.29 is 9.90 Å². The van der Waals surface area contributed by atoms with Gasteiger partial charge in [0, 0.05) is 16.0 Å². The van der Waals surface area contributed by atoms with Crippen LogP contribution in [0.1, 0.15) is 25.8 Å². The second-order valence-electron chi connectivity index (χ2n) is 4.84. The summed E-state index contributed by atoms with van der Waals surface area (Å²) in [5, 5.41) is 13.1. The molecule has 1 aromatic carbocycles. The Morgan fingerprint density at radius 1 is 1.47 bits per heavy atom. The summed E-state index contributed by atoms with van der Waals surface area (Å²) in [5.74, 6) is 0.0477. The van der Waals surface area contributed by atoms with Crippen molar-refractivity contribution in [3.8, 4) is 0 Å². The van der Waals surface area contributed by atoms with Crippen molar-refractivity contribution >= 4 is 29.3 Å². The van der Waals surface area contributed by atoms with Crippen LogP contribution in [0, 0.1) is 0 Å². The number of halogens is 1. The van der Waals surface area contributed by atoms with Gasteiger partial charge in [-0.15, -0.1) is 0 Å². The van der Waals surface area contributed by atoms with Crippen LogP contribution in [0.2, 0.25) is 5.02 Å². The molecule has 1 aromatic rings. The lowest BCUT2D eigenvalue weighted by molar-refractivity contribution is -0.144. The van der Waals surface area contributed by atoms with E-state index in [-0.39, 0.29) is 5.25 Å². The predicted molar refractivity (Wildman–Crippen MR) is 81.9 cm³/mol. The number of nitrogens with one attached hydrogen (secondary N) is 1. The highest BCUT2D eigenvalue weighted by Gasteiger charge is 2.32. The fraction of sp³-hybridized carbons (Fsp3) is 0.500. The molecule has 0 aliphatic carbocycles. The van der Waals surface area contributed by atoms with Gasteiger partial charge in [-0.2, -0.15) is 11.8 Å². The Labute approximate surface area is 123 Å². The molecule has 2 unspecified atom stereocenters. The maximum absolute atomic E-state index is 11.2. The molecule has 19 heavy (non-hydrogen) atoms. The maximum Gasteiger partial charge on any atom is 0.323 e. The fourth-order valence-electron chi connectivity index (χ4n) is 1.75. The Kier molecular flexibility index (Phi) is 6.17. The number of aliphatic carboxylic acids is 1. The highest BCUT2D eigenvalue weighted by molar-refractivity contribution is 7.99. The molecule has 0 aliphatic rings. The molecule has 0 spiro atoms. The number of hydrogen-bond acceptors (Lipinski definition) is 3. The summed E-state index contributed by atoms with van der Waals surface area (Å²) in [6.45, 7) is 3.77. The van der Waals surface area contributed by atoms with Crippen LogP contribution in [0.15, 0.2) is 24.3 Å². The average Bonchev–Trinajstić information content (AvgIpc) is 2.37. The van der Waals surface area contributed by atoms with Crippen molar-refractivity contribution in [1.29, 1.82) is 0 Å². The lowest BCUT2D eigenvalue weighted by atomic mass is 9.96. The zero-order chi connectivity index (χ0) is 14.5. The van der Waals surface area contributed by atoms with E-state index in [2.05, 4.69) is 12.2 Å². The summed E-state index contributed by atoms with van der Waals surface area (Å²) < 4.78 is 0. The third-order valence-electron chi connectivity index (χ3n) is 3.17. The fourth-order valence-corrected chi connectivity index (χ4v) is 3.00. The molecule has 0 saturated carbocycles. The summed E-state index contributed by atoms with van der Waals surface area (Å²) in [4.78, 5) is 11.2. The number of carboxylic acid groups (broad SMARTS) is 1. The molecular weight excluding hydrogens is 282 g/mol. The van der Waals surface area contributed by atoms with Crippen molar-refractivity contribution in [2.75, 3.05) is 7.05 Å². The standard InChI is InChI=1S/C14H20ClNO2S/c1-10(8-14(2,16-3)13(17)18)19-9-11-4-6-12(15)7-5-11/h4-7,10,16H,8-9H2,1-3H3,(H,17,18). The van der Waals surface area contributed by atoms with E-state index in [1.165, 1.54) is 5.56 Å². The van der Waals surface area contributed by atoms with Crippen LogP contribution in [0.4, 0.5) is 0 Å². The molecule has 0 heterocycles. The minimum atomic E-state index is -0.869. The molecule has 0 amide bonds. The van der Waals surface area contributed by atoms with E-state index in [0.717, 1.165) is 10.8 Å². The smallest absolute Gasteiger partial charge is 0.323 e. The van der Waals surface area contributed by atoms with Gasteiger partial charge in [-0.3, -0.25) is 4.79 Å². The van der Waals surface area contributed by atoms with Gasteiger partial charge in [0.25, 0.3) is 0 Å². The van der Waals surface area contributed by atoms with E-state index in [1.54, 1.807) is 25.7 Å². The van der Waals surface area contributed by atoms with Crippen molar-refractivity contribution in [3.63, 3.8) is 0 Å². The van der Waals surface area contributed by atoms with Crippen LogP contribution in [0.25, 0.3) is 0 Å². The van der Waals surface area contributed by atoms with Crippen molar-refractivity contribution in [2.24, 2.45) is 0 Å². The Bertz CT molecular complexity index is 424. The first kappa shape index (κ1) is 16.3. The minimum absolute atomic E-state index is 0.254. The minimum Gasteiger partial charge on any atom is -0.480 e. The maximum atomic E-state index is 11.2. The Hall–Kier alpha value is -0.710. The lowest BCUT2D eigenvalue weighted by Gasteiger charge is -2.27. The van der Waals surface area contributed by atoms with E-state index >= 15 is 0 Å². The summed E-state index contributed by atoms with van der Waals surface area (Å²) in [7, 11) is 1.69. The van der Waals surface area contributed by atoms with Crippen LogP contribution < -0.4 is 5.32 Å². The van der Waals surface area contributed by atoms with E-state index in [4.69, 9.17) is 11.6 Å². The molecule has 0 aliphatic heterocycles. The second-order valence-corrected chi connectivity index (χ2v) is 6.70. The van der Waals surface area contributed by atoms with Gasteiger partial charge in [-0.25, -0.2) is 0 Å². The van der Waals surface area contributed by atoms with Crippen LogP contribution in [0.3, 0.4) is 0 Å². The molecular formula is C14H20ClNO2S. The third kappa shape index (κ3) is 5.05. The van der Waals surface area contributed by atoms with Gasteiger partial charge in [0.05, 0.1) is 0 Å². The first-order valence-electron chi connectivity index (χ1n) is 6.16. The number of thioether (sulfide) groups is 1. The van der Waals surface area contributed by atoms with E-state index in [1.807, 2.05) is 24.3 Å². The molecule has 2 N–H and O–H groups in total. The van der Waals surface area contributed by atoms with Gasteiger partial charge in [0.1, 0.15) is 5.54 Å². The molecule has 5 heteroatoms. The average molecular weight is 302 g/mol. The van der Waals surface area contributed by atoms with Gasteiger partial charge in [-0.1, -0.05) is 30.7 Å². The van der Waals surface area contributed by atoms with Crippen molar-refractivity contribution in [2.45, 2.75) is 36.8 Å². The van der Waals surface area contributed by atoms with Gasteiger partial charge in [0.2, 0.25) is 0 Å². The largest absolute Gasteiger partial charge is 0.480 e. The number of hydrogen-bond donors (Lipinski definition) is 2. The Morgan fingerprint density at radius 3 is 2.53 bits per heavy atom. The zero-order valence-corrected chi connectivity index (χ0v) is 13.0. The van der Waals surface area contributed by atoms with Gasteiger partial charge >= 0.3 is 5.97 Å². The summed E-state index contributed by atoms with van der Waals surface area (Å²) in [6.07, 6.45) is 0.580.